The molecule has 0 aliphatic carbocycles. The van der Waals surface area contributed by atoms with Gasteiger partial charge in [-0.1, -0.05) is 0 Å². The Bertz CT molecular complexity index is 435. The zero-order valence-electron chi connectivity index (χ0n) is 12.3. The maximum absolute atomic E-state index is 12.1. The molecule has 0 unspecified atom stereocenters. The Kier molecular flexibility index (Phi) is 4.38. The van der Waals surface area contributed by atoms with Crippen LogP contribution < -0.4 is 0 Å². The van der Waals surface area contributed by atoms with E-state index in [2.05, 4.69) is 0 Å². The number of carbonyl (C=O) groups excluding carboxylic acids is 1. The molecule has 5 heteroatoms. The number of likely N-dealkylation sites (tertiary alicyclic amines) is 1. The molecular formula is C15H23NO4. The summed E-state index contributed by atoms with van der Waals surface area (Å²) in [4.78, 5) is 13.9. The normalized spacial score (nSPS) is 21.0. The lowest BCUT2D eigenvalue weighted by Gasteiger charge is -2.29. The van der Waals surface area contributed by atoms with Crippen molar-refractivity contribution in [3.63, 3.8) is 0 Å². The second-order valence-electron chi connectivity index (χ2n) is 6.24. The fourth-order valence-electron chi connectivity index (χ4n) is 2.50. The number of nitrogens with zero attached hydrogens (tertiary/aromatic N) is 1. The van der Waals surface area contributed by atoms with Crippen molar-refractivity contribution in [1.29, 1.82) is 0 Å². The van der Waals surface area contributed by atoms with E-state index >= 15 is 0 Å². The van der Waals surface area contributed by atoms with E-state index in [4.69, 9.17) is 9.15 Å². The summed E-state index contributed by atoms with van der Waals surface area (Å²) in [6, 6.07) is 3.50. The Morgan fingerprint density at radius 3 is 2.95 bits per heavy atom. The van der Waals surface area contributed by atoms with Gasteiger partial charge in [0.1, 0.15) is 17.5 Å². The second kappa shape index (κ2) is 5.87. The highest BCUT2D eigenvalue weighted by Gasteiger charge is 2.33. The number of ether oxygens (including phenoxy) is 1. The van der Waals surface area contributed by atoms with Gasteiger partial charge in [0.05, 0.1) is 6.26 Å². The fourth-order valence-corrected chi connectivity index (χ4v) is 2.50. The summed E-state index contributed by atoms with van der Waals surface area (Å²) in [5.41, 5.74) is -0.496. The molecule has 1 aromatic heterocycles. The number of carbonyl (C=O) groups is 1. The van der Waals surface area contributed by atoms with Gasteiger partial charge >= 0.3 is 6.09 Å². The molecule has 1 N–H and O–H groups in total. The quantitative estimate of drug-likeness (QED) is 0.924. The first-order chi connectivity index (χ1) is 9.37. The molecule has 0 bridgehead atoms. The average Bonchev–Trinajstić information content (AvgIpc) is 2.96. The summed E-state index contributed by atoms with van der Waals surface area (Å²) in [6.45, 7) is 6.25. The Balaban J connectivity index is 1.95. The van der Waals surface area contributed by atoms with E-state index < -0.39 is 11.7 Å². The molecule has 2 heterocycles. The SMILES string of the molecule is CC(C)(C)OC(=O)N1CCC[C@@H]1C[C@H](O)c1ccco1. The van der Waals surface area contributed by atoms with Gasteiger partial charge in [-0.15, -0.1) is 0 Å². The van der Waals surface area contributed by atoms with Crippen molar-refractivity contribution in [2.45, 2.75) is 57.8 Å². The molecule has 0 spiro atoms. The van der Waals surface area contributed by atoms with Crippen LogP contribution in [-0.4, -0.2) is 34.3 Å². The Labute approximate surface area is 119 Å². The van der Waals surface area contributed by atoms with Crippen LogP contribution in [0.25, 0.3) is 0 Å². The number of amides is 1. The van der Waals surface area contributed by atoms with Crippen LogP contribution in [0.15, 0.2) is 22.8 Å². The minimum absolute atomic E-state index is 0.00458. The predicted molar refractivity (Wildman–Crippen MR) is 74.2 cm³/mol. The molecule has 20 heavy (non-hydrogen) atoms. The third-order valence-electron chi connectivity index (χ3n) is 3.37. The van der Waals surface area contributed by atoms with E-state index in [0.717, 1.165) is 12.8 Å². The van der Waals surface area contributed by atoms with Crippen LogP contribution in [0, 0.1) is 0 Å². The molecule has 1 aliphatic rings. The third kappa shape index (κ3) is 3.76. The minimum atomic E-state index is -0.682. The van der Waals surface area contributed by atoms with Crippen molar-refractivity contribution in [3.8, 4) is 0 Å². The number of aliphatic hydroxyl groups is 1. The van der Waals surface area contributed by atoms with Crippen molar-refractivity contribution >= 4 is 6.09 Å². The van der Waals surface area contributed by atoms with Crippen molar-refractivity contribution in [2.75, 3.05) is 6.54 Å². The third-order valence-corrected chi connectivity index (χ3v) is 3.37. The van der Waals surface area contributed by atoms with Gasteiger partial charge in [0.25, 0.3) is 0 Å². The van der Waals surface area contributed by atoms with Crippen LogP contribution >= 0.6 is 0 Å². The Morgan fingerprint density at radius 2 is 2.35 bits per heavy atom. The van der Waals surface area contributed by atoms with E-state index in [1.54, 1.807) is 23.3 Å². The molecule has 1 aliphatic heterocycles. The molecule has 2 atom stereocenters. The Hall–Kier alpha value is -1.49. The molecule has 1 fully saturated rings. The maximum atomic E-state index is 12.1. The standard InChI is InChI=1S/C15H23NO4/c1-15(2,3)20-14(18)16-8-4-6-11(16)10-12(17)13-7-5-9-19-13/h5,7,9,11-12,17H,4,6,8,10H2,1-3H3/t11-,12+/m1/s1. The summed E-state index contributed by atoms with van der Waals surface area (Å²) >= 11 is 0. The molecule has 1 amide bonds. The topological polar surface area (TPSA) is 62.9 Å². The van der Waals surface area contributed by atoms with Crippen molar-refractivity contribution in [2.24, 2.45) is 0 Å². The highest BCUT2D eigenvalue weighted by Crippen LogP contribution is 2.28. The molecule has 5 nitrogen and oxygen atoms in total. The van der Waals surface area contributed by atoms with Crippen LogP contribution in [-0.2, 0) is 4.74 Å². The van der Waals surface area contributed by atoms with Crippen LogP contribution in [0.5, 0.6) is 0 Å². The number of furan rings is 1. The van der Waals surface area contributed by atoms with E-state index in [9.17, 15) is 9.90 Å². The van der Waals surface area contributed by atoms with Gasteiger partial charge in [-0.2, -0.15) is 0 Å². The fraction of sp³-hybridized carbons (Fsp3) is 0.667. The van der Waals surface area contributed by atoms with Crippen molar-refractivity contribution < 1.29 is 19.1 Å². The highest BCUT2D eigenvalue weighted by atomic mass is 16.6. The number of hydrogen-bond donors (Lipinski definition) is 1. The van der Waals surface area contributed by atoms with Gasteiger partial charge in [-0.05, 0) is 45.7 Å². The molecule has 1 saturated heterocycles. The van der Waals surface area contributed by atoms with E-state index in [0.29, 0.717) is 18.7 Å². The van der Waals surface area contributed by atoms with Crippen LogP contribution in [0.3, 0.4) is 0 Å². The summed E-state index contributed by atoms with van der Waals surface area (Å²) in [6.07, 6.45) is 2.86. The van der Waals surface area contributed by atoms with Gasteiger partial charge < -0.3 is 19.2 Å². The highest BCUT2D eigenvalue weighted by molar-refractivity contribution is 5.68. The summed E-state index contributed by atoms with van der Waals surface area (Å²) in [5.74, 6) is 0.543. The minimum Gasteiger partial charge on any atom is -0.467 e. The predicted octanol–water partition coefficient (Wildman–Crippen LogP) is 3.10. The van der Waals surface area contributed by atoms with Crippen molar-refractivity contribution in [1.82, 2.24) is 4.90 Å². The van der Waals surface area contributed by atoms with Crippen LogP contribution in [0.1, 0.15) is 51.9 Å². The monoisotopic (exact) mass is 281 g/mol. The largest absolute Gasteiger partial charge is 0.467 e. The average molecular weight is 281 g/mol. The smallest absolute Gasteiger partial charge is 0.410 e. The summed E-state index contributed by atoms with van der Waals surface area (Å²) in [7, 11) is 0. The first-order valence-electron chi connectivity index (χ1n) is 7.08. The number of rotatable bonds is 3. The van der Waals surface area contributed by atoms with Crippen molar-refractivity contribution in [3.05, 3.63) is 24.2 Å². The molecule has 0 saturated carbocycles. The number of aliphatic hydroxyl groups excluding tert-OH is 1. The lowest BCUT2D eigenvalue weighted by molar-refractivity contribution is 0.0168. The van der Waals surface area contributed by atoms with E-state index in [1.165, 1.54) is 0 Å². The van der Waals surface area contributed by atoms with Gasteiger partial charge in [0, 0.05) is 19.0 Å². The molecule has 0 aromatic carbocycles. The van der Waals surface area contributed by atoms with Gasteiger partial charge in [-0.3, -0.25) is 0 Å². The first kappa shape index (κ1) is 14.9. The van der Waals surface area contributed by atoms with Crippen LogP contribution in [0.4, 0.5) is 4.79 Å². The lowest BCUT2D eigenvalue weighted by atomic mass is 10.1. The van der Waals surface area contributed by atoms with Gasteiger partial charge in [-0.25, -0.2) is 4.79 Å². The summed E-state index contributed by atoms with van der Waals surface area (Å²) < 4.78 is 10.6. The molecule has 2 rings (SSSR count). The van der Waals surface area contributed by atoms with E-state index in [-0.39, 0.29) is 12.1 Å². The Morgan fingerprint density at radius 1 is 1.60 bits per heavy atom. The maximum Gasteiger partial charge on any atom is 0.410 e. The van der Waals surface area contributed by atoms with E-state index in [1.807, 2.05) is 20.8 Å². The zero-order valence-corrected chi connectivity index (χ0v) is 12.3. The molecule has 1 aromatic rings. The molecule has 0 radical (unpaired) electrons. The van der Waals surface area contributed by atoms with Gasteiger partial charge in [0.15, 0.2) is 0 Å². The van der Waals surface area contributed by atoms with Crippen LogP contribution in [0.2, 0.25) is 0 Å². The molecular weight excluding hydrogens is 258 g/mol. The number of hydrogen-bond acceptors (Lipinski definition) is 4. The zero-order chi connectivity index (χ0) is 14.8. The lowest BCUT2D eigenvalue weighted by Crippen LogP contribution is -2.40. The van der Waals surface area contributed by atoms with Gasteiger partial charge in [0.2, 0.25) is 0 Å². The molecule has 112 valence electrons. The summed E-state index contributed by atoms with van der Waals surface area (Å²) in [5, 5.41) is 10.1. The first-order valence-corrected chi connectivity index (χ1v) is 7.08. The second-order valence-corrected chi connectivity index (χ2v) is 6.24.